The van der Waals surface area contributed by atoms with Crippen molar-refractivity contribution in [3.05, 3.63) is 96.3 Å². The summed E-state index contributed by atoms with van der Waals surface area (Å²) in [6, 6.07) is 24.2. The number of alkyl halides is 1. The first-order valence-corrected chi connectivity index (χ1v) is 16.6. The second kappa shape index (κ2) is 16.3. The first-order chi connectivity index (χ1) is 22.8. The maximum atomic E-state index is 13.4. The summed E-state index contributed by atoms with van der Waals surface area (Å²) in [6.07, 6.45) is 3.59. The van der Waals surface area contributed by atoms with Crippen molar-refractivity contribution in [3.8, 4) is 17.2 Å². The number of ether oxygens (including phenoxy) is 2. The number of pyridine rings is 1. The first-order valence-electron chi connectivity index (χ1n) is 15.4. The molecule has 47 heavy (non-hydrogen) atoms. The number of amides is 3. The van der Waals surface area contributed by atoms with Crippen LogP contribution in [0.25, 0.3) is 16.5 Å². The van der Waals surface area contributed by atoms with E-state index in [4.69, 9.17) is 14.6 Å². The smallest absolute Gasteiger partial charge is 0.324 e. The minimum Gasteiger partial charge on any atom is -0.457 e. The molecule has 0 fully saturated rings. The molecular formula is C35H38IN7O4. The number of nitrogens with zero attached hydrogens (tertiary/aromatic N) is 3. The van der Waals surface area contributed by atoms with Gasteiger partial charge >= 0.3 is 6.03 Å². The van der Waals surface area contributed by atoms with E-state index in [1.54, 1.807) is 42.3 Å². The number of rotatable bonds is 14. The van der Waals surface area contributed by atoms with E-state index in [-0.39, 0.29) is 16.4 Å². The van der Waals surface area contributed by atoms with Gasteiger partial charge in [0.2, 0.25) is 5.91 Å². The number of aromatic nitrogens is 3. The fourth-order valence-electron chi connectivity index (χ4n) is 4.90. The number of nitrogens with one attached hydrogen (secondary N) is 4. The summed E-state index contributed by atoms with van der Waals surface area (Å²) in [6.45, 7) is 5.40. The molecule has 1 atom stereocenters. The molecular weight excluding hydrogens is 709 g/mol. The lowest BCUT2D eigenvalue weighted by Gasteiger charge is -2.15. The molecule has 0 spiro atoms. The van der Waals surface area contributed by atoms with Crippen LogP contribution in [-0.4, -0.2) is 53.5 Å². The van der Waals surface area contributed by atoms with Gasteiger partial charge in [-0.2, -0.15) is 5.10 Å². The van der Waals surface area contributed by atoms with Gasteiger partial charge in [0.25, 0.3) is 0 Å². The highest BCUT2D eigenvalue weighted by atomic mass is 127. The van der Waals surface area contributed by atoms with Crippen LogP contribution in [0.2, 0.25) is 0 Å². The number of fused-ring (bicyclic) bond motifs is 1. The number of carbonyl (C=O) groups excluding carboxylic acids is 2. The second-order valence-electron chi connectivity index (χ2n) is 10.9. The van der Waals surface area contributed by atoms with E-state index in [2.05, 4.69) is 55.8 Å². The van der Waals surface area contributed by atoms with E-state index in [9.17, 15) is 9.59 Å². The van der Waals surface area contributed by atoms with Crippen molar-refractivity contribution in [2.24, 2.45) is 0 Å². The number of hydrogen-bond acceptors (Lipinski definition) is 7. The molecule has 0 saturated carbocycles. The Kier molecular flexibility index (Phi) is 11.8. The van der Waals surface area contributed by atoms with Crippen LogP contribution in [0.1, 0.15) is 34.9 Å². The zero-order chi connectivity index (χ0) is 33.2. The van der Waals surface area contributed by atoms with E-state index >= 15 is 0 Å². The van der Waals surface area contributed by atoms with Crippen molar-refractivity contribution in [3.63, 3.8) is 0 Å². The number of halogens is 1. The van der Waals surface area contributed by atoms with Crippen molar-refractivity contribution in [2.45, 2.75) is 30.6 Å². The van der Waals surface area contributed by atoms with E-state index in [0.29, 0.717) is 42.0 Å². The predicted molar refractivity (Wildman–Crippen MR) is 194 cm³/mol. The number of aryl methyl sites for hydroxylation is 1. The van der Waals surface area contributed by atoms with Gasteiger partial charge in [-0.05, 0) is 43.7 Å². The fourth-order valence-corrected chi connectivity index (χ4v) is 5.83. The minimum atomic E-state index is -0.393. The molecule has 0 radical (unpaired) electrons. The summed E-state index contributed by atoms with van der Waals surface area (Å²) >= 11 is 2.40. The van der Waals surface area contributed by atoms with Gasteiger partial charge in [0.05, 0.1) is 34.1 Å². The third-order valence-electron chi connectivity index (χ3n) is 7.24. The highest BCUT2D eigenvalue weighted by Crippen LogP contribution is 2.35. The van der Waals surface area contributed by atoms with Gasteiger partial charge in [-0.3, -0.25) is 10.1 Å². The number of anilines is 3. The molecule has 5 aromatic rings. The first kappa shape index (κ1) is 33.8. The van der Waals surface area contributed by atoms with Crippen molar-refractivity contribution in [1.29, 1.82) is 0 Å². The standard InChI is InChI=1S/C35H38IN7O4/c1-4-7-28(36)30-21-33(43(42-30)24-12-10-23(2)11-13-24)41-35(45)39-29-14-15-31(27-9-6-5-8-26(27)29)47-25-16-17-38-32(20-25)40-34(44)22-37-18-19-46-3/h5-6,8-17,20-21,28,37H,4,7,18-19,22H2,1-3H3,(H,38,40,44)(H2,39,41,45). The molecule has 0 bridgehead atoms. The van der Waals surface area contributed by atoms with Crippen LogP contribution in [0.5, 0.6) is 11.5 Å². The third-order valence-corrected chi connectivity index (χ3v) is 8.50. The molecule has 0 aliphatic rings. The lowest BCUT2D eigenvalue weighted by Crippen LogP contribution is -2.30. The van der Waals surface area contributed by atoms with Crippen molar-refractivity contribution < 1.29 is 19.1 Å². The van der Waals surface area contributed by atoms with Crippen LogP contribution in [0.15, 0.2) is 85.1 Å². The largest absolute Gasteiger partial charge is 0.457 e. The predicted octanol–water partition coefficient (Wildman–Crippen LogP) is 7.62. The van der Waals surface area contributed by atoms with Gasteiger partial charge in [0.15, 0.2) is 0 Å². The molecule has 3 aromatic carbocycles. The summed E-state index contributed by atoms with van der Waals surface area (Å²) < 4.78 is 13.2. The molecule has 0 aliphatic heterocycles. The Morgan fingerprint density at radius 2 is 1.74 bits per heavy atom. The lowest BCUT2D eigenvalue weighted by atomic mass is 10.1. The highest BCUT2D eigenvalue weighted by molar-refractivity contribution is 14.1. The Morgan fingerprint density at radius 3 is 2.51 bits per heavy atom. The van der Waals surface area contributed by atoms with Gasteiger partial charge < -0.3 is 25.4 Å². The maximum Gasteiger partial charge on any atom is 0.324 e. The molecule has 3 amide bonds. The summed E-state index contributed by atoms with van der Waals surface area (Å²) in [7, 11) is 1.61. The number of carbonyl (C=O) groups is 2. The van der Waals surface area contributed by atoms with Crippen LogP contribution in [0.3, 0.4) is 0 Å². The molecule has 2 heterocycles. The van der Waals surface area contributed by atoms with Crippen molar-refractivity contribution in [2.75, 3.05) is 42.8 Å². The average Bonchev–Trinajstić information content (AvgIpc) is 3.48. The SMILES string of the molecule is CCCC(I)c1cc(NC(=O)Nc2ccc(Oc3ccnc(NC(=O)CNCCOC)c3)c3ccccc23)n(-c2ccc(C)cc2)n1. The Labute approximate surface area is 287 Å². The van der Waals surface area contributed by atoms with Crippen LogP contribution < -0.4 is 26.0 Å². The van der Waals surface area contributed by atoms with E-state index < -0.39 is 6.03 Å². The topological polar surface area (TPSA) is 131 Å². The zero-order valence-electron chi connectivity index (χ0n) is 26.5. The summed E-state index contributed by atoms with van der Waals surface area (Å²) in [5.41, 5.74) is 3.53. The van der Waals surface area contributed by atoms with Gasteiger partial charge in [-0.1, -0.05) is 77.9 Å². The normalized spacial score (nSPS) is 11.7. The zero-order valence-corrected chi connectivity index (χ0v) is 28.7. The quantitative estimate of drug-likeness (QED) is 0.0523. The average molecular weight is 748 g/mol. The third kappa shape index (κ3) is 9.05. The van der Waals surface area contributed by atoms with Crippen LogP contribution >= 0.6 is 22.6 Å². The van der Waals surface area contributed by atoms with Crippen LogP contribution in [0.4, 0.5) is 22.1 Å². The molecule has 244 valence electrons. The Balaban J connectivity index is 1.32. The fraction of sp³-hybridized carbons (Fsp3) is 0.257. The highest BCUT2D eigenvalue weighted by Gasteiger charge is 2.18. The lowest BCUT2D eigenvalue weighted by molar-refractivity contribution is -0.115. The molecule has 0 saturated heterocycles. The van der Waals surface area contributed by atoms with Gasteiger partial charge in [0.1, 0.15) is 23.1 Å². The summed E-state index contributed by atoms with van der Waals surface area (Å²) in [4.78, 5) is 29.9. The Hall–Kier alpha value is -4.53. The van der Waals surface area contributed by atoms with Crippen molar-refractivity contribution >= 4 is 62.6 Å². The maximum absolute atomic E-state index is 13.4. The van der Waals surface area contributed by atoms with Crippen LogP contribution in [0, 0.1) is 6.92 Å². The molecule has 2 aromatic heterocycles. The van der Waals surface area contributed by atoms with Gasteiger partial charge in [-0.25, -0.2) is 14.5 Å². The van der Waals surface area contributed by atoms with E-state index in [1.807, 2.05) is 61.5 Å². The number of methoxy groups -OCH3 is 1. The number of benzene rings is 3. The van der Waals surface area contributed by atoms with E-state index in [0.717, 1.165) is 40.6 Å². The molecule has 0 aliphatic carbocycles. The van der Waals surface area contributed by atoms with Gasteiger partial charge in [-0.15, -0.1) is 0 Å². The Bertz CT molecular complexity index is 1830. The number of urea groups is 1. The van der Waals surface area contributed by atoms with Gasteiger partial charge in [0, 0.05) is 42.8 Å². The summed E-state index contributed by atoms with van der Waals surface area (Å²) in [5, 5.41) is 18.2. The summed E-state index contributed by atoms with van der Waals surface area (Å²) in [5.74, 6) is 1.81. The number of hydrogen-bond donors (Lipinski definition) is 4. The molecule has 12 heteroatoms. The van der Waals surface area contributed by atoms with Crippen LogP contribution in [-0.2, 0) is 9.53 Å². The molecule has 5 rings (SSSR count). The van der Waals surface area contributed by atoms with Crippen molar-refractivity contribution in [1.82, 2.24) is 20.1 Å². The molecule has 11 nitrogen and oxygen atoms in total. The Morgan fingerprint density at radius 1 is 0.957 bits per heavy atom. The molecule has 4 N–H and O–H groups in total. The second-order valence-corrected chi connectivity index (χ2v) is 12.4. The monoisotopic (exact) mass is 747 g/mol. The minimum absolute atomic E-state index is 0.135. The molecule has 1 unspecified atom stereocenters. The van der Waals surface area contributed by atoms with E-state index in [1.165, 1.54) is 0 Å².